The summed E-state index contributed by atoms with van der Waals surface area (Å²) < 4.78 is 5.29. The summed E-state index contributed by atoms with van der Waals surface area (Å²) in [4.78, 5) is 10.7. The molecule has 0 radical (unpaired) electrons. The number of hydrogen-bond donors (Lipinski definition) is 3. The summed E-state index contributed by atoms with van der Waals surface area (Å²) in [6, 6.07) is 12.1. The Labute approximate surface area is 128 Å². The number of methoxy groups -OCH3 is 1. The first-order chi connectivity index (χ1) is 10.1. The summed E-state index contributed by atoms with van der Waals surface area (Å²) in [6.45, 7) is 0.533. The highest BCUT2D eigenvalue weighted by atomic mass is 35.5. The van der Waals surface area contributed by atoms with Crippen LogP contribution in [0.1, 0.15) is 5.56 Å². The van der Waals surface area contributed by atoms with Gasteiger partial charge in [-0.05, 0) is 36.4 Å². The molecule has 5 nitrogen and oxygen atoms in total. The molecular weight excluding hydrogens is 290 g/mol. The number of urea groups is 1. The minimum absolute atomic E-state index is 0.533. The molecule has 6 heteroatoms. The number of nitrogens with one attached hydrogen (secondary N) is 2. The summed E-state index contributed by atoms with van der Waals surface area (Å²) in [5.74, 6) is 0.738. The topological polar surface area (TPSA) is 76.4 Å². The van der Waals surface area contributed by atoms with Crippen LogP contribution in [0.25, 0.3) is 0 Å². The number of hydrogen-bond acceptors (Lipinski definition) is 3. The highest BCUT2D eigenvalue weighted by Crippen LogP contribution is 2.27. The van der Waals surface area contributed by atoms with Gasteiger partial charge in [-0.1, -0.05) is 17.7 Å². The van der Waals surface area contributed by atoms with E-state index in [-0.39, 0.29) is 0 Å². The number of carbonyl (C=O) groups excluding carboxylic acids is 1. The predicted molar refractivity (Wildman–Crippen MR) is 85.0 cm³/mol. The van der Waals surface area contributed by atoms with Crippen molar-refractivity contribution in [1.29, 1.82) is 0 Å². The van der Waals surface area contributed by atoms with Crippen LogP contribution in [0, 0.1) is 0 Å². The van der Waals surface area contributed by atoms with Crippen molar-refractivity contribution in [1.82, 2.24) is 0 Å². The lowest BCUT2D eigenvalue weighted by atomic mass is 10.2. The highest BCUT2D eigenvalue weighted by Gasteiger charge is 2.07. The second kappa shape index (κ2) is 6.85. The molecular formula is C15H16ClN3O2. The van der Waals surface area contributed by atoms with Crippen molar-refractivity contribution in [2.45, 2.75) is 6.54 Å². The Bertz CT molecular complexity index is 629. The van der Waals surface area contributed by atoms with E-state index in [9.17, 15) is 4.79 Å². The number of nitrogens with two attached hydrogens (primary N) is 1. The van der Waals surface area contributed by atoms with E-state index in [1.807, 2.05) is 30.3 Å². The lowest BCUT2D eigenvalue weighted by Crippen LogP contribution is -2.19. The summed E-state index contributed by atoms with van der Waals surface area (Å²) in [7, 11) is 1.61. The number of benzene rings is 2. The maximum atomic E-state index is 10.7. The monoisotopic (exact) mass is 305 g/mol. The first-order valence-corrected chi connectivity index (χ1v) is 6.69. The van der Waals surface area contributed by atoms with E-state index in [1.54, 1.807) is 19.2 Å². The quantitative estimate of drug-likeness (QED) is 0.792. The van der Waals surface area contributed by atoms with Crippen LogP contribution in [0.15, 0.2) is 42.5 Å². The first kappa shape index (κ1) is 15.0. The molecule has 0 unspecified atom stereocenters. The fraction of sp³-hybridized carbons (Fsp3) is 0.133. The normalized spacial score (nSPS) is 10.0. The van der Waals surface area contributed by atoms with E-state index in [0.717, 1.165) is 17.0 Å². The second-order valence-corrected chi connectivity index (χ2v) is 4.75. The van der Waals surface area contributed by atoms with Gasteiger partial charge in [0.1, 0.15) is 5.75 Å². The fourth-order valence-electron chi connectivity index (χ4n) is 1.91. The molecule has 0 heterocycles. The minimum atomic E-state index is -0.587. The van der Waals surface area contributed by atoms with E-state index >= 15 is 0 Å². The van der Waals surface area contributed by atoms with Crippen molar-refractivity contribution in [3.8, 4) is 5.75 Å². The first-order valence-electron chi connectivity index (χ1n) is 6.32. The molecule has 21 heavy (non-hydrogen) atoms. The summed E-state index contributed by atoms with van der Waals surface area (Å²) in [6.07, 6.45) is 0. The average Bonchev–Trinajstić information content (AvgIpc) is 2.46. The number of rotatable bonds is 5. The van der Waals surface area contributed by atoms with Crippen molar-refractivity contribution in [2.75, 3.05) is 17.7 Å². The molecule has 0 atom stereocenters. The molecule has 0 aliphatic heterocycles. The van der Waals surface area contributed by atoms with Crippen LogP contribution < -0.4 is 21.1 Å². The van der Waals surface area contributed by atoms with Gasteiger partial charge in [0.25, 0.3) is 0 Å². The predicted octanol–water partition coefficient (Wildman–Crippen LogP) is 3.45. The van der Waals surface area contributed by atoms with Gasteiger partial charge >= 0.3 is 6.03 Å². The van der Waals surface area contributed by atoms with Crippen molar-refractivity contribution in [3.63, 3.8) is 0 Å². The van der Waals surface area contributed by atoms with E-state index in [4.69, 9.17) is 22.1 Å². The third-order valence-electron chi connectivity index (χ3n) is 2.92. The van der Waals surface area contributed by atoms with Gasteiger partial charge in [0.2, 0.25) is 0 Å². The van der Waals surface area contributed by atoms with Gasteiger partial charge in [0.15, 0.2) is 0 Å². The van der Waals surface area contributed by atoms with E-state index in [1.165, 1.54) is 0 Å². The molecule has 0 saturated carbocycles. The lowest BCUT2D eigenvalue weighted by molar-refractivity contribution is 0.259. The van der Waals surface area contributed by atoms with Gasteiger partial charge in [0, 0.05) is 28.5 Å². The van der Waals surface area contributed by atoms with Gasteiger partial charge in [-0.2, -0.15) is 0 Å². The summed E-state index contributed by atoms with van der Waals surface area (Å²) >= 11 is 6.18. The largest absolute Gasteiger partial charge is 0.496 e. The molecule has 110 valence electrons. The van der Waals surface area contributed by atoms with Crippen LogP contribution in [-0.2, 0) is 6.54 Å². The number of primary amides is 1. The van der Waals surface area contributed by atoms with Gasteiger partial charge in [-0.15, -0.1) is 0 Å². The van der Waals surface area contributed by atoms with Crippen LogP contribution in [0.4, 0.5) is 16.2 Å². The Morgan fingerprint density at radius 3 is 2.48 bits per heavy atom. The maximum Gasteiger partial charge on any atom is 0.316 e. The molecule has 0 aliphatic rings. The van der Waals surface area contributed by atoms with Crippen molar-refractivity contribution >= 4 is 29.0 Å². The molecule has 0 aromatic heterocycles. The van der Waals surface area contributed by atoms with E-state index in [2.05, 4.69) is 10.6 Å². The van der Waals surface area contributed by atoms with Gasteiger partial charge < -0.3 is 21.1 Å². The molecule has 0 saturated heterocycles. The SMILES string of the molecule is COc1cccc(Cl)c1CNc1ccc(NC(N)=O)cc1. The zero-order valence-corrected chi connectivity index (χ0v) is 12.3. The Hall–Kier alpha value is -2.40. The van der Waals surface area contributed by atoms with Gasteiger partial charge in [-0.25, -0.2) is 4.79 Å². The summed E-state index contributed by atoms with van der Waals surface area (Å²) in [5.41, 5.74) is 7.48. The molecule has 2 rings (SSSR count). The lowest BCUT2D eigenvalue weighted by Gasteiger charge is -2.12. The Morgan fingerprint density at radius 1 is 1.19 bits per heavy atom. The third kappa shape index (κ3) is 4.03. The number of halogens is 1. The van der Waals surface area contributed by atoms with Gasteiger partial charge in [-0.3, -0.25) is 0 Å². The number of anilines is 2. The molecule has 4 N–H and O–H groups in total. The number of carbonyl (C=O) groups is 1. The van der Waals surface area contributed by atoms with Crippen molar-refractivity contribution in [3.05, 3.63) is 53.1 Å². The maximum absolute atomic E-state index is 10.7. The second-order valence-electron chi connectivity index (χ2n) is 4.34. The van der Waals surface area contributed by atoms with Crippen molar-refractivity contribution < 1.29 is 9.53 Å². The van der Waals surface area contributed by atoms with Crippen LogP contribution in [0.5, 0.6) is 5.75 Å². The van der Waals surface area contributed by atoms with Crippen LogP contribution >= 0.6 is 11.6 Å². The van der Waals surface area contributed by atoms with E-state index < -0.39 is 6.03 Å². The number of ether oxygens (including phenoxy) is 1. The van der Waals surface area contributed by atoms with Crippen LogP contribution in [-0.4, -0.2) is 13.1 Å². The zero-order chi connectivity index (χ0) is 15.2. The van der Waals surface area contributed by atoms with Crippen LogP contribution in [0.3, 0.4) is 0 Å². The van der Waals surface area contributed by atoms with E-state index in [0.29, 0.717) is 17.3 Å². The average molecular weight is 306 g/mol. The highest BCUT2D eigenvalue weighted by molar-refractivity contribution is 6.31. The molecule has 0 spiro atoms. The molecule has 0 aliphatic carbocycles. The molecule has 2 aromatic carbocycles. The van der Waals surface area contributed by atoms with Gasteiger partial charge in [0.05, 0.1) is 7.11 Å². The standard InChI is InChI=1S/C15H16ClN3O2/c1-21-14-4-2-3-13(16)12(14)9-18-10-5-7-11(8-6-10)19-15(17)20/h2-8,18H,9H2,1H3,(H3,17,19,20). The molecule has 2 aromatic rings. The smallest absolute Gasteiger partial charge is 0.316 e. The minimum Gasteiger partial charge on any atom is -0.496 e. The molecule has 0 fully saturated rings. The fourth-order valence-corrected chi connectivity index (χ4v) is 2.14. The molecule has 0 bridgehead atoms. The Balaban J connectivity index is 2.05. The summed E-state index contributed by atoms with van der Waals surface area (Å²) in [5, 5.41) is 6.40. The third-order valence-corrected chi connectivity index (χ3v) is 3.27. The number of amides is 2. The Kier molecular flexibility index (Phi) is 4.90. The zero-order valence-electron chi connectivity index (χ0n) is 11.5. The molecule has 2 amide bonds. The van der Waals surface area contributed by atoms with Crippen LogP contribution in [0.2, 0.25) is 5.02 Å². The van der Waals surface area contributed by atoms with Crippen molar-refractivity contribution in [2.24, 2.45) is 5.73 Å². The Morgan fingerprint density at radius 2 is 1.86 bits per heavy atom.